The van der Waals surface area contributed by atoms with E-state index in [1.54, 1.807) is 0 Å². The van der Waals surface area contributed by atoms with Crippen LogP contribution in [0.1, 0.15) is 109 Å². The van der Waals surface area contributed by atoms with Crippen LogP contribution in [0.25, 0.3) is 0 Å². The van der Waals surface area contributed by atoms with Crippen molar-refractivity contribution < 1.29 is 75.8 Å². The van der Waals surface area contributed by atoms with Gasteiger partial charge in [-0.15, -0.1) is 0 Å². The lowest BCUT2D eigenvalue weighted by Gasteiger charge is -2.52. The van der Waals surface area contributed by atoms with Crippen molar-refractivity contribution in [3.8, 4) is 0 Å². The molecule has 0 fully saturated rings. The van der Waals surface area contributed by atoms with E-state index in [4.69, 9.17) is 75.8 Å². The summed E-state index contributed by atoms with van der Waals surface area (Å²) in [4.78, 5) is 4.76. The third-order valence-electron chi connectivity index (χ3n) is 10.8. The van der Waals surface area contributed by atoms with Gasteiger partial charge < -0.3 is 75.8 Å². The van der Waals surface area contributed by atoms with E-state index < -0.39 is 5.66 Å². The zero-order chi connectivity index (χ0) is 54.4. The second-order valence-corrected chi connectivity index (χ2v) is 21.5. The Morgan fingerprint density at radius 3 is 0.836 bits per heavy atom. The molecule has 0 spiro atoms. The topological polar surface area (TPSA) is 166 Å². The van der Waals surface area contributed by atoms with E-state index in [9.17, 15) is 0 Å². The summed E-state index contributed by atoms with van der Waals surface area (Å²) in [5, 5.41) is 3.74. The Hall–Kier alpha value is -0.760. The first kappa shape index (κ1) is 72.2. The molecule has 19 nitrogen and oxygen atoms in total. The molecule has 0 rings (SSSR count). The van der Waals surface area contributed by atoms with Crippen LogP contribution >= 0.6 is 0 Å². The van der Waals surface area contributed by atoms with Gasteiger partial charge in [0, 0.05) is 46.1 Å². The summed E-state index contributed by atoms with van der Waals surface area (Å²) in [5.41, 5.74) is -1.19. The first-order valence-electron chi connectivity index (χ1n) is 27.3. The van der Waals surface area contributed by atoms with E-state index in [0.29, 0.717) is 205 Å². The fourth-order valence-corrected chi connectivity index (χ4v) is 6.76. The third kappa shape index (κ3) is 50.5. The lowest BCUT2D eigenvalue weighted by atomic mass is 10.0. The largest absolute Gasteiger partial charge is 0.379 e. The molecular weight excluding hydrogens is 947 g/mol. The molecule has 0 radical (unpaired) electrons. The van der Waals surface area contributed by atoms with Crippen molar-refractivity contribution in [1.29, 1.82) is 0 Å². The highest BCUT2D eigenvalue weighted by molar-refractivity contribution is 4.90. The minimum absolute atomic E-state index is 0.140. The SMILES string of the molecule is CN(CCOCCOCCOCCOCCOCCOC(C)(C)C)C(C)(C)N(CCOCCOCCCOCCOCCOC(C)(C)C)C(C)(C)NCCOCCOCCCCOCCOCCOC(C)(C)C. The van der Waals surface area contributed by atoms with Crippen LogP contribution in [0.15, 0.2) is 0 Å². The van der Waals surface area contributed by atoms with E-state index in [1.165, 1.54) is 0 Å². The standard InChI is InChI=1S/C54H113N3O16/c1-50(2,3)71-47-44-68-35-30-59-22-16-15-21-58-28-32-62-25-18-55-53(10,11)57(20-27-64-33-29-60-23-17-24-61-31-36-69-45-48-72-51(4,5)6)54(12,13)56(14)19-26-63-34-37-65-38-39-66-40-41-67-42-43-70-46-49-73-52(7,8)9/h55H,15-49H2,1-14H3. The summed E-state index contributed by atoms with van der Waals surface area (Å²) < 4.78 is 91.5. The molecule has 0 unspecified atom stereocenters. The van der Waals surface area contributed by atoms with Crippen molar-refractivity contribution in [1.82, 2.24) is 15.1 Å². The fourth-order valence-electron chi connectivity index (χ4n) is 6.76. The van der Waals surface area contributed by atoms with E-state index >= 15 is 0 Å². The van der Waals surface area contributed by atoms with Gasteiger partial charge in [0.2, 0.25) is 0 Å². The van der Waals surface area contributed by atoms with Crippen molar-refractivity contribution in [2.24, 2.45) is 0 Å². The van der Waals surface area contributed by atoms with Crippen LogP contribution < -0.4 is 5.32 Å². The van der Waals surface area contributed by atoms with E-state index in [0.717, 1.165) is 25.8 Å². The summed E-state index contributed by atoms with van der Waals surface area (Å²) in [6, 6.07) is 0. The van der Waals surface area contributed by atoms with Crippen LogP contribution in [-0.2, 0) is 75.8 Å². The van der Waals surface area contributed by atoms with Crippen molar-refractivity contribution in [2.45, 2.75) is 137 Å². The third-order valence-corrected chi connectivity index (χ3v) is 10.8. The maximum absolute atomic E-state index is 6.11. The lowest BCUT2D eigenvalue weighted by Crippen LogP contribution is -2.68. The Balaban J connectivity index is 4.55. The Labute approximate surface area is 445 Å². The minimum atomic E-state index is -0.392. The van der Waals surface area contributed by atoms with Gasteiger partial charge in [-0.05, 0) is 116 Å². The fraction of sp³-hybridized carbons (Fsp3) is 1.00. The van der Waals surface area contributed by atoms with Crippen molar-refractivity contribution in [3.63, 3.8) is 0 Å². The normalized spacial score (nSPS) is 13.2. The summed E-state index contributed by atoms with van der Waals surface area (Å²) in [6.07, 6.45) is 2.70. The van der Waals surface area contributed by atoms with Gasteiger partial charge in [0.25, 0.3) is 0 Å². The van der Waals surface area contributed by atoms with Crippen LogP contribution in [0, 0.1) is 0 Å². The van der Waals surface area contributed by atoms with Crippen LogP contribution in [0.3, 0.4) is 0 Å². The van der Waals surface area contributed by atoms with Gasteiger partial charge in [0.05, 0.1) is 193 Å². The second-order valence-electron chi connectivity index (χ2n) is 21.5. The number of hydrogen-bond acceptors (Lipinski definition) is 19. The number of likely N-dealkylation sites (N-methyl/N-ethyl adjacent to an activating group) is 1. The van der Waals surface area contributed by atoms with E-state index in [1.807, 2.05) is 62.3 Å². The zero-order valence-electron chi connectivity index (χ0n) is 49.2. The van der Waals surface area contributed by atoms with Crippen molar-refractivity contribution in [2.75, 3.05) is 218 Å². The van der Waals surface area contributed by atoms with Gasteiger partial charge in [-0.1, -0.05) is 0 Å². The molecular formula is C54H113N3O16. The molecule has 0 bridgehead atoms. The molecule has 19 heteroatoms. The maximum Gasteiger partial charge on any atom is 0.0707 e. The Morgan fingerprint density at radius 2 is 0.521 bits per heavy atom. The summed E-state index contributed by atoms with van der Waals surface area (Å²) in [6.45, 7) is 45.6. The Kier molecular flexibility index (Phi) is 45.7. The number of rotatable bonds is 55. The van der Waals surface area contributed by atoms with Gasteiger partial charge in [-0.2, -0.15) is 0 Å². The van der Waals surface area contributed by atoms with Gasteiger partial charge >= 0.3 is 0 Å². The number of unbranched alkanes of at least 4 members (excludes halogenated alkanes) is 1. The van der Waals surface area contributed by atoms with Gasteiger partial charge in [0.1, 0.15) is 0 Å². The van der Waals surface area contributed by atoms with Crippen LogP contribution in [0.5, 0.6) is 0 Å². The van der Waals surface area contributed by atoms with Gasteiger partial charge in [0.15, 0.2) is 0 Å². The molecule has 440 valence electrons. The molecule has 0 aromatic heterocycles. The number of ether oxygens (including phenoxy) is 16. The number of hydrogen-bond donors (Lipinski definition) is 1. The van der Waals surface area contributed by atoms with Crippen LogP contribution in [-0.4, -0.2) is 256 Å². The minimum Gasteiger partial charge on any atom is -0.379 e. The predicted octanol–water partition coefficient (Wildman–Crippen LogP) is 6.11. The smallest absolute Gasteiger partial charge is 0.0707 e. The van der Waals surface area contributed by atoms with Crippen molar-refractivity contribution >= 4 is 0 Å². The average molecular weight is 1060 g/mol. The van der Waals surface area contributed by atoms with Gasteiger partial charge in [-0.3, -0.25) is 15.1 Å². The molecule has 0 saturated carbocycles. The molecule has 0 aromatic rings. The highest BCUT2D eigenvalue weighted by atomic mass is 16.6. The second kappa shape index (κ2) is 46.2. The average Bonchev–Trinajstić information content (AvgIpc) is 3.30. The quantitative estimate of drug-likeness (QED) is 0.0547. The van der Waals surface area contributed by atoms with Gasteiger partial charge in [-0.25, -0.2) is 0 Å². The molecule has 0 aliphatic heterocycles. The zero-order valence-corrected chi connectivity index (χ0v) is 49.2. The molecule has 0 atom stereocenters. The number of nitrogens with zero attached hydrogens (tertiary/aromatic N) is 2. The molecule has 0 aromatic carbocycles. The maximum atomic E-state index is 6.11. The monoisotopic (exact) mass is 1060 g/mol. The van der Waals surface area contributed by atoms with E-state index in [-0.39, 0.29) is 22.5 Å². The Morgan fingerprint density at radius 1 is 0.274 bits per heavy atom. The van der Waals surface area contributed by atoms with Crippen LogP contribution in [0.2, 0.25) is 0 Å². The molecule has 0 aliphatic carbocycles. The first-order chi connectivity index (χ1) is 34.7. The summed E-state index contributed by atoms with van der Waals surface area (Å²) in [7, 11) is 2.13. The highest BCUT2D eigenvalue weighted by Gasteiger charge is 2.39. The highest BCUT2D eigenvalue weighted by Crippen LogP contribution is 2.26. The molecule has 0 saturated heterocycles. The Bertz CT molecular complexity index is 1170. The molecule has 1 N–H and O–H groups in total. The van der Waals surface area contributed by atoms with Crippen LogP contribution in [0.4, 0.5) is 0 Å². The molecule has 73 heavy (non-hydrogen) atoms. The van der Waals surface area contributed by atoms with E-state index in [2.05, 4.69) is 49.9 Å². The molecule has 0 amide bonds. The summed E-state index contributed by atoms with van der Waals surface area (Å²) >= 11 is 0. The molecule has 0 aliphatic rings. The van der Waals surface area contributed by atoms with Crippen molar-refractivity contribution in [3.05, 3.63) is 0 Å². The summed E-state index contributed by atoms with van der Waals surface area (Å²) in [5.74, 6) is 0. The molecule has 0 heterocycles. The predicted molar refractivity (Wildman–Crippen MR) is 287 cm³/mol. The first-order valence-corrected chi connectivity index (χ1v) is 27.3. The number of nitrogens with one attached hydrogen (secondary N) is 1. The lowest BCUT2D eigenvalue weighted by molar-refractivity contribution is -0.106.